The topological polar surface area (TPSA) is 70.0 Å². The molecule has 0 aliphatic rings. The molecule has 1 amide bonds. The minimum absolute atomic E-state index is 0.181. The Balaban J connectivity index is 1.92. The number of nitrogens with zero attached hydrogens (tertiary/aromatic N) is 1. The van der Waals surface area contributed by atoms with Crippen molar-refractivity contribution >= 4 is 62.0 Å². The maximum absolute atomic E-state index is 14.1. The van der Waals surface area contributed by atoms with Crippen LogP contribution in [-0.4, -0.2) is 11.7 Å². The summed E-state index contributed by atoms with van der Waals surface area (Å²) in [4.78, 5) is 25.4. The summed E-state index contributed by atoms with van der Waals surface area (Å²) in [5.41, 5.74) is 0.682. The van der Waals surface area contributed by atoms with E-state index in [2.05, 4.69) is 5.32 Å². The highest BCUT2D eigenvalue weighted by molar-refractivity contribution is 7.21. The van der Waals surface area contributed by atoms with E-state index >= 15 is 0 Å². The van der Waals surface area contributed by atoms with Gasteiger partial charge in [-0.1, -0.05) is 29.3 Å². The van der Waals surface area contributed by atoms with Crippen LogP contribution in [0.5, 0.6) is 0 Å². The van der Waals surface area contributed by atoms with E-state index in [-0.39, 0.29) is 10.6 Å². The third kappa shape index (κ3) is 3.81. The van der Waals surface area contributed by atoms with Gasteiger partial charge in [0.15, 0.2) is 11.7 Å². The van der Waals surface area contributed by atoms with Gasteiger partial charge in [-0.2, -0.15) is 5.26 Å². The first kappa shape index (κ1) is 19.3. The number of nitriles is 1. The number of carbonyl (C=O) groups excluding carboxylic acids is 2. The zero-order chi connectivity index (χ0) is 19.7. The summed E-state index contributed by atoms with van der Waals surface area (Å²) in [6, 6.07) is 10.6. The lowest BCUT2D eigenvalue weighted by molar-refractivity contribution is -0.117. The van der Waals surface area contributed by atoms with Crippen LogP contribution in [0.2, 0.25) is 10.0 Å². The average molecular weight is 421 g/mol. The molecular formula is C19H11Cl2FN2O2S. The van der Waals surface area contributed by atoms with Crippen LogP contribution in [-0.2, 0) is 4.79 Å². The Labute approximate surface area is 168 Å². The number of hydrogen-bond acceptors (Lipinski definition) is 4. The normalized spacial score (nSPS) is 11.8. The molecule has 3 rings (SSSR count). The van der Waals surface area contributed by atoms with Crippen molar-refractivity contribution in [2.24, 2.45) is 5.92 Å². The fourth-order valence-corrected chi connectivity index (χ4v) is 4.42. The van der Waals surface area contributed by atoms with Gasteiger partial charge in [-0.3, -0.25) is 9.59 Å². The second kappa shape index (κ2) is 7.65. The van der Waals surface area contributed by atoms with Crippen LogP contribution in [0.15, 0.2) is 36.4 Å². The van der Waals surface area contributed by atoms with E-state index in [0.717, 1.165) is 11.3 Å². The molecule has 0 fully saturated rings. The van der Waals surface area contributed by atoms with Gasteiger partial charge in [-0.25, -0.2) is 4.39 Å². The number of anilines is 1. The molecule has 1 atom stereocenters. The first-order chi connectivity index (χ1) is 12.8. The molecule has 0 saturated heterocycles. The third-order valence-corrected chi connectivity index (χ3v) is 5.62. The lowest BCUT2D eigenvalue weighted by Crippen LogP contribution is -2.28. The summed E-state index contributed by atoms with van der Waals surface area (Å²) in [7, 11) is 0. The second-order valence-corrected chi connectivity index (χ2v) is 7.67. The van der Waals surface area contributed by atoms with Crippen LogP contribution in [0.1, 0.15) is 15.2 Å². The zero-order valence-electron chi connectivity index (χ0n) is 13.8. The Hall–Kier alpha value is -2.46. The highest BCUT2D eigenvalue weighted by Gasteiger charge is 2.31. The van der Waals surface area contributed by atoms with Crippen LogP contribution in [0.3, 0.4) is 0 Å². The van der Waals surface area contributed by atoms with E-state index in [1.54, 1.807) is 25.1 Å². The standard InChI is InChI=1S/C19H11Cl2FN2O2S/c1-9-16-14(22)3-2-4-15(16)27-18(9)17(25)13(8-23)19(26)24-12-6-10(20)5-11(21)7-12/h2-7,13H,1H3,(H,24,26)/t13-/m1/s1. The predicted octanol–water partition coefficient (Wildman–Crippen LogP) is 5.62. The van der Waals surface area contributed by atoms with Gasteiger partial charge in [0.1, 0.15) is 5.82 Å². The van der Waals surface area contributed by atoms with E-state index in [1.165, 1.54) is 24.3 Å². The maximum Gasteiger partial charge on any atom is 0.249 e. The van der Waals surface area contributed by atoms with Gasteiger partial charge in [-0.05, 0) is 42.8 Å². The van der Waals surface area contributed by atoms with Gasteiger partial charge >= 0.3 is 0 Å². The summed E-state index contributed by atoms with van der Waals surface area (Å²) in [6.07, 6.45) is 0. The van der Waals surface area contributed by atoms with Crippen molar-refractivity contribution in [1.82, 2.24) is 0 Å². The fraction of sp³-hybridized carbons (Fsp3) is 0.105. The third-order valence-electron chi connectivity index (χ3n) is 3.91. The summed E-state index contributed by atoms with van der Waals surface area (Å²) in [6.45, 7) is 1.60. The minimum atomic E-state index is -1.59. The van der Waals surface area contributed by atoms with Gasteiger partial charge in [0.25, 0.3) is 0 Å². The van der Waals surface area contributed by atoms with Crippen LogP contribution >= 0.6 is 34.5 Å². The van der Waals surface area contributed by atoms with Gasteiger partial charge in [0.2, 0.25) is 5.91 Å². The van der Waals surface area contributed by atoms with Crippen molar-refractivity contribution in [2.45, 2.75) is 6.92 Å². The zero-order valence-corrected chi connectivity index (χ0v) is 16.2. The second-order valence-electron chi connectivity index (χ2n) is 5.74. The van der Waals surface area contributed by atoms with E-state index in [1.807, 2.05) is 0 Å². The number of nitrogens with one attached hydrogen (secondary N) is 1. The van der Waals surface area contributed by atoms with Gasteiger partial charge in [0, 0.05) is 25.8 Å². The number of carbonyl (C=O) groups is 2. The molecule has 2 aromatic carbocycles. The molecule has 0 aliphatic carbocycles. The summed E-state index contributed by atoms with van der Waals surface area (Å²) >= 11 is 12.8. The summed E-state index contributed by atoms with van der Waals surface area (Å²) in [5, 5.41) is 12.8. The molecule has 1 aromatic heterocycles. The number of Topliss-reactive ketones (excluding diaryl/α,β-unsaturated/α-hetero) is 1. The smallest absolute Gasteiger partial charge is 0.249 e. The molecule has 0 bridgehead atoms. The Kier molecular flexibility index (Phi) is 5.47. The molecule has 27 heavy (non-hydrogen) atoms. The van der Waals surface area contributed by atoms with Crippen LogP contribution in [0.25, 0.3) is 10.1 Å². The van der Waals surface area contributed by atoms with E-state index in [0.29, 0.717) is 25.7 Å². The van der Waals surface area contributed by atoms with Gasteiger partial charge < -0.3 is 5.32 Å². The van der Waals surface area contributed by atoms with E-state index in [4.69, 9.17) is 23.2 Å². The number of halogens is 3. The molecule has 0 radical (unpaired) electrons. The number of fused-ring (bicyclic) bond motifs is 1. The maximum atomic E-state index is 14.1. The van der Waals surface area contributed by atoms with E-state index in [9.17, 15) is 19.2 Å². The number of benzene rings is 2. The molecule has 0 saturated carbocycles. The Bertz CT molecular complexity index is 1100. The number of hydrogen-bond donors (Lipinski definition) is 1. The number of amides is 1. The quantitative estimate of drug-likeness (QED) is 0.439. The Morgan fingerprint density at radius 1 is 1.22 bits per heavy atom. The lowest BCUT2D eigenvalue weighted by atomic mass is 10.00. The molecule has 4 nitrogen and oxygen atoms in total. The van der Waals surface area contributed by atoms with Crippen molar-refractivity contribution in [1.29, 1.82) is 5.26 Å². The van der Waals surface area contributed by atoms with Crippen molar-refractivity contribution in [2.75, 3.05) is 5.32 Å². The van der Waals surface area contributed by atoms with Crippen molar-refractivity contribution in [3.8, 4) is 6.07 Å². The Morgan fingerprint density at radius 2 is 1.89 bits per heavy atom. The number of aryl methyl sites for hydroxylation is 1. The van der Waals surface area contributed by atoms with Crippen molar-refractivity contribution < 1.29 is 14.0 Å². The number of rotatable bonds is 4. The van der Waals surface area contributed by atoms with Gasteiger partial charge in [0.05, 0.1) is 10.9 Å². The lowest BCUT2D eigenvalue weighted by Gasteiger charge is -2.10. The summed E-state index contributed by atoms with van der Waals surface area (Å²) < 4.78 is 14.6. The molecule has 0 spiro atoms. The van der Waals surface area contributed by atoms with Crippen molar-refractivity contribution in [3.05, 3.63) is 62.7 Å². The van der Waals surface area contributed by atoms with Crippen molar-refractivity contribution in [3.63, 3.8) is 0 Å². The molecule has 0 unspecified atom stereocenters. The molecule has 1 N–H and O–H groups in total. The highest BCUT2D eigenvalue weighted by Crippen LogP contribution is 2.34. The predicted molar refractivity (Wildman–Crippen MR) is 105 cm³/mol. The molecule has 136 valence electrons. The molecule has 1 heterocycles. The fourth-order valence-electron chi connectivity index (χ4n) is 2.70. The SMILES string of the molecule is Cc1c(C(=O)[C@@H](C#N)C(=O)Nc2cc(Cl)cc(Cl)c2)sc2cccc(F)c12. The van der Waals surface area contributed by atoms with Crippen LogP contribution in [0, 0.1) is 30.0 Å². The molecular weight excluding hydrogens is 410 g/mol. The van der Waals surface area contributed by atoms with Crippen LogP contribution in [0.4, 0.5) is 10.1 Å². The number of thiophene rings is 1. The Morgan fingerprint density at radius 3 is 2.48 bits per heavy atom. The van der Waals surface area contributed by atoms with Crippen LogP contribution < -0.4 is 5.32 Å². The first-order valence-electron chi connectivity index (χ1n) is 7.70. The molecule has 8 heteroatoms. The molecule has 3 aromatic rings. The number of ketones is 1. The largest absolute Gasteiger partial charge is 0.324 e. The van der Waals surface area contributed by atoms with Gasteiger partial charge in [-0.15, -0.1) is 11.3 Å². The summed E-state index contributed by atoms with van der Waals surface area (Å²) in [5.74, 6) is -3.52. The highest BCUT2D eigenvalue weighted by atomic mass is 35.5. The monoisotopic (exact) mass is 420 g/mol. The average Bonchev–Trinajstić information content (AvgIpc) is 2.92. The van der Waals surface area contributed by atoms with E-state index < -0.39 is 23.4 Å². The molecule has 0 aliphatic heterocycles. The first-order valence-corrected chi connectivity index (χ1v) is 9.27. The minimum Gasteiger partial charge on any atom is -0.324 e.